The summed E-state index contributed by atoms with van der Waals surface area (Å²) in [6, 6.07) is 0.235. The van der Waals surface area contributed by atoms with Gasteiger partial charge in [-0.15, -0.1) is 0 Å². The molecule has 0 aromatic heterocycles. The highest BCUT2D eigenvalue weighted by molar-refractivity contribution is 5.06. The molecule has 150 valence electrons. The molecule has 0 fully saturated rings. The molecule has 0 aromatic rings. The summed E-state index contributed by atoms with van der Waals surface area (Å²) in [7, 11) is 0. The van der Waals surface area contributed by atoms with E-state index >= 15 is 0 Å². The standard InChI is InChI=1S/C24H43NO/c1-8-24(19-26)25(17-15-22(6)13-9-11-20(2)3)18-16-23(7)14-10-12-21(4)5/h11-12,15-16,24,26H,8-10,13-14,17-19H2,1-7H3/b22-15+,23-16+. The molecule has 0 aliphatic rings. The zero-order valence-corrected chi connectivity index (χ0v) is 18.4. The minimum Gasteiger partial charge on any atom is -0.395 e. The van der Waals surface area contributed by atoms with Crippen LogP contribution in [0.2, 0.25) is 0 Å². The lowest BCUT2D eigenvalue weighted by Gasteiger charge is -2.28. The zero-order valence-electron chi connectivity index (χ0n) is 18.4. The summed E-state index contributed by atoms with van der Waals surface area (Å²) in [5, 5.41) is 9.73. The molecule has 0 saturated carbocycles. The van der Waals surface area contributed by atoms with Crippen molar-refractivity contribution in [2.24, 2.45) is 0 Å². The summed E-state index contributed by atoms with van der Waals surface area (Å²) in [6.07, 6.45) is 14.7. The lowest BCUT2D eigenvalue weighted by Crippen LogP contribution is -2.38. The fourth-order valence-corrected chi connectivity index (χ4v) is 2.80. The van der Waals surface area contributed by atoms with Crippen LogP contribution in [0.1, 0.15) is 80.6 Å². The van der Waals surface area contributed by atoms with Gasteiger partial charge >= 0.3 is 0 Å². The van der Waals surface area contributed by atoms with Crippen LogP contribution in [0.4, 0.5) is 0 Å². The van der Waals surface area contributed by atoms with Crippen LogP contribution in [0, 0.1) is 0 Å². The predicted octanol–water partition coefficient (Wildman–Crippen LogP) is 6.44. The first-order chi connectivity index (χ1) is 12.3. The van der Waals surface area contributed by atoms with Crippen LogP contribution in [0.15, 0.2) is 46.6 Å². The van der Waals surface area contributed by atoms with E-state index in [1.165, 1.54) is 22.3 Å². The maximum atomic E-state index is 9.73. The monoisotopic (exact) mass is 361 g/mol. The number of hydrogen-bond donors (Lipinski definition) is 1. The lowest BCUT2D eigenvalue weighted by atomic mass is 10.1. The summed E-state index contributed by atoms with van der Waals surface area (Å²) >= 11 is 0. The SMILES string of the molecule is CCC(CO)N(C/C=C(\C)CCC=C(C)C)C/C=C(\C)CCC=C(C)C. The zero-order chi connectivity index (χ0) is 19.9. The van der Waals surface area contributed by atoms with Gasteiger partial charge in [0.05, 0.1) is 6.61 Å². The fourth-order valence-electron chi connectivity index (χ4n) is 2.80. The van der Waals surface area contributed by atoms with Crippen LogP contribution < -0.4 is 0 Å². The minimum absolute atomic E-state index is 0.228. The van der Waals surface area contributed by atoms with Crippen molar-refractivity contribution in [1.29, 1.82) is 0 Å². The third kappa shape index (κ3) is 13.1. The Morgan fingerprint density at radius 1 is 0.769 bits per heavy atom. The maximum absolute atomic E-state index is 9.73. The molecule has 1 N–H and O–H groups in total. The van der Waals surface area contributed by atoms with Gasteiger partial charge in [0.25, 0.3) is 0 Å². The number of allylic oxidation sites excluding steroid dienone is 6. The second kappa shape index (κ2) is 15.0. The molecule has 0 amide bonds. The number of nitrogens with zero attached hydrogens (tertiary/aromatic N) is 1. The Labute approximate surface area is 163 Å². The minimum atomic E-state index is 0.228. The molecule has 0 aromatic carbocycles. The van der Waals surface area contributed by atoms with E-state index in [9.17, 15) is 5.11 Å². The van der Waals surface area contributed by atoms with Gasteiger partial charge < -0.3 is 5.11 Å². The van der Waals surface area contributed by atoms with Gasteiger partial charge in [-0.2, -0.15) is 0 Å². The molecule has 0 heterocycles. The van der Waals surface area contributed by atoms with Gasteiger partial charge in [0.2, 0.25) is 0 Å². The topological polar surface area (TPSA) is 23.5 Å². The van der Waals surface area contributed by atoms with Gasteiger partial charge in [0.15, 0.2) is 0 Å². The van der Waals surface area contributed by atoms with Crippen molar-refractivity contribution < 1.29 is 5.11 Å². The molecule has 2 nitrogen and oxygen atoms in total. The van der Waals surface area contributed by atoms with Crippen LogP contribution in [-0.4, -0.2) is 35.7 Å². The van der Waals surface area contributed by atoms with Crippen LogP contribution in [-0.2, 0) is 0 Å². The van der Waals surface area contributed by atoms with Gasteiger partial charge in [-0.05, 0) is 73.6 Å². The Morgan fingerprint density at radius 3 is 1.50 bits per heavy atom. The lowest BCUT2D eigenvalue weighted by molar-refractivity contribution is 0.141. The Bertz CT molecular complexity index is 444. The molecule has 0 saturated heterocycles. The molecule has 0 rings (SSSR count). The highest BCUT2D eigenvalue weighted by Crippen LogP contribution is 2.12. The number of aliphatic hydroxyl groups excluding tert-OH is 1. The molecule has 0 radical (unpaired) electrons. The first kappa shape index (κ1) is 24.9. The smallest absolute Gasteiger partial charge is 0.0587 e. The summed E-state index contributed by atoms with van der Waals surface area (Å²) in [5.74, 6) is 0. The third-order valence-electron chi connectivity index (χ3n) is 4.73. The number of rotatable bonds is 13. The molecule has 1 unspecified atom stereocenters. The normalized spacial score (nSPS) is 13.7. The predicted molar refractivity (Wildman–Crippen MR) is 118 cm³/mol. The van der Waals surface area contributed by atoms with Crippen molar-refractivity contribution in [3.63, 3.8) is 0 Å². The Hall–Kier alpha value is -1.12. The molecule has 0 spiro atoms. The van der Waals surface area contributed by atoms with Crippen molar-refractivity contribution in [3.8, 4) is 0 Å². The fraction of sp³-hybridized carbons (Fsp3) is 0.667. The Kier molecular flexibility index (Phi) is 14.3. The van der Waals surface area contributed by atoms with Crippen molar-refractivity contribution >= 4 is 0 Å². The average molecular weight is 362 g/mol. The molecule has 0 aliphatic carbocycles. The van der Waals surface area contributed by atoms with Crippen molar-refractivity contribution in [3.05, 3.63) is 46.6 Å². The number of hydrogen-bond acceptors (Lipinski definition) is 2. The molecule has 26 heavy (non-hydrogen) atoms. The first-order valence-electron chi connectivity index (χ1n) is 10.2. The molecule has 0 bridgehead atoms. The quantitative estimate of drug-likeness (QED) is 0.381. The molecule has 0 aliphatic heterocycles. The van der Waals surface area contributed by atoms with Crippen LogP contribution in [0.25, 0.3) is 0 Å². The highest BCUT2D eigenvalue weighted by Gasteiger charge is 2.13. The largest absolute Gasteiger partial charge is 0.395 e. The van der Waals surface area contributed by atoms with E-state index in [1.807, 2.05) is 0 Å². The van der Waals surface area contributed by atoms with Crippen LogP contribution in [0.3, 0.4) is 0 Å². The summed E-state index contributed by atoms with van der Waals surface area (Å²) in [4.78, 5) is 2.40. The second-order valence-electron chi connectivity index (χ2n) is 7.94. The van der Waals surface area contributed by atoms with E-state index in [-0.39, 0.29) is 12.6 Å². The van der Waals surface area contributed by atoms with E-state index < -0.39 is 0 Å². The van der Waals surface area contributed by atoms with E-state index in [0.717, 1.165) is 45.2 Å². The van der Waals surface area contributed by atoms with Gasteiger partial charge in [-0.25, -0.2) is 0 Å². The van der Waals surface area contributed by atoms with Crippen molar-refractivity contribution in [2.75, 3.05) is 19.7 Å². The van der Waals surface area contributed by atoms with Crippen LogP contribution in [0.5, 0.6) is 0 Å². The van der Waals surface area contributed by atoms with Gasteiger partial charge in [0, 0.05) is 19.1 Å². The second-order valence-corrected chi connectivity index (χ2v) is 7.94. The maximum Gasteiger partial charge on any atom is 0.0587 e. The molecular formula is C24H43NO. The summed E-state index contributed by atoms with van der Waals surface area (Å²) < 4.78 is 0. The average Bonchev–Trinajstić information content (AvgIpc) is 2.56. The molecule has 2 heteroatoms. The van der Waals surface area contributed by atoms with Crippen molar-refractivity contribution in [1.82, 2.24) is 4.90 Å². The number of aliphatic hydroxyl groups is 1. The summed E-state index contributed by atoms with van der Waals surface area (Å²) in [6.45, 7) is 17.3. The Balaban J connectivity index is 4.75. The van der Waals surface area contributed by atoms with E-state index in [4.69, 9.17) is 0 Å². The van der Waals surface area contributed by atoms with E-state index in [1.54, 1.807) is 0 Å². The van der Waals surface area contributed by atoms with Gasteiger partial charge in [0.1, 0.15) is 0 Å². The van der Waals surface area contributed by atoms with Crippen molar-refractivity contribution in [2.45, 2.75) is 86.6 Å². The van der Waals surface area contributed by atoms with Gasteiger partial charge in [-0.1, -0.05) is 53.5 Å². The van der Waals surface area contributed by atoms with E-state index in [2.05, 4.69) is 77.7 Å². The van der Waals surface area contributed by atoms with E-state index in [0.29, 0.717) is 0 Å². The Morgan fingerprint density at radius 2 is 1.19 bits per heavy atom. The summed E-state index contributed by atoms with van der Waals surface area (Å²) in [5.41, 5.74) is 5.65. The molecular weight excluding hydrogens is 318 g/mol. The van der Waals surface area contributed by atoms with Crippen LogP contribution >= 0.6 is 0 Å². The van der Waals surface area contributed by atoms with Gasteiger partial charge in [-0.3, -0.25) is 4.90 Å². The molecule has 1 atom stereocenters. The highest BCUT2D eigenvalue weighted by atomic mass is 16.3. The first-order valence-corrected chi connectivity index (χ1v) is 10.2. The third-order valence-corrected chi connectivity index (χ3v) is 4.73.